The van der Waals surface area contributed by atoms with Crippen molar-refractivity contribution in [2.24, 2.45) is 0 Å². The summed E-state index contributed by atoms with van der Waals surface area (Å²) in [5, 5.41) is 10.3. The molecule has 2 heterocycles. The predicted molar refractivity (Wildman–Crippen MR) is 100 cm³/mol. The Morgan fingerprint density at radius 3 is 2.74 bits per heavy atom. The predicted octanol–water partition coefficient (Wildman–Crippen LogP) is 3.00. The third-order valence-corrected chi connectivity index (χ3v) is 4.84. The van der Waals surface area contributed by atoms with Crippen molar-refractivity contribution in [3.05, 3.63) is 75.1 Å². The van der Waals surface area contributed by atoms with Crippen LogP contribution < -0.4 is 5.43 Å². The maximum Gasteiger partial charge on any atom is 0.290 e. The lowest BCUT2D eigenvalue weighted by molar-refractivity contribution is 0.0663. The van der Waals surface area contributed by atoms with E-state index < -0.39 is 6.04 Å². The maximum atomic E-state index is 13.3. The number of phenols is 1. The maximum absolute atomic E-state index is 13.3. The summed E-state index contributed by atoms with van der Waals surface area (Å²) in [5.74, 6) is -0.225. The van der Waals surface area contributed by atoms with E-state index in [4.69, 9.17) is 9.15 Å². The molecule has 1 N–H and O–H groups in total. The number of aromatic hydroxyl groups is 1. The molecule has 3 aromatic rings. The van der Waals surface area contributed by atoms with Crippen LogP contribution in [0.5, 0.6) is 5.75 Å². The summed E-state index contributed by atoms with van der Waals surface area (Å²) < 4.78 is 11.0. The van der Waals surface area contributed by atoms with Crippen LogP contribution in [0.4, 0.5) is 0 Å². The molecule has 1 amide bonds. The number of fused-ring (bicyclic) bond motifs is 2. The number of methoxy groups -OCH3 is 1. The first-order valence-electron chi connectivity index (χ1n) is 8.67. The average molecular weight is 365 g/mol. The van der Waals surface area contributed by atoms with Crippen LogP contribution in [-0.4, -0.2) is 36.2 Å². The molecule has 0 saturated carbocycles. The first-order chi connectivity index (χ1) is 13.0. The Morgan fingerprint density at radius 1 is 1.19 bits per heavy atom. The lowest BCUT2D eigenvalue weighted by Gasteiger charge is -2.24. The minimum atomic E-state index is -0.629. The van der Waals surface area contributed by atoms with Crippen LogP contribution in [-0.2, 0) is 4.74 Å². The van der Waals surface area contributed by atoms with Gasteiger partial charge in [-0.3, -0.25) is 9.59 Å². The minimum absolute atomic E-state index is 0.0563. The van der Waals surface area contributed by atoms with Gasteiger partial charge in [0.15, 0.2) is 5.43 Å². The Kier molecular flexibility index (Phi) is 4.20. The van der Waals surface area contributed by atoms with Crippen molar-refractivity contribution >= 4 is 16.9 Å². The molecule has 0 fully saturated rings. The topological polar surface area (TPSA) is 80.0 Å². The average Bonchev–Trinajstić information content (AvgIpc) is 2.93. The Labute approximate surface area is 155 Å². The SMILES string of the molecule is COCCN1C(=O)c2oc3ccc(C)cc3c(=O)c2C1c1cccc(O)c1. The number of benzene rings is 2. The van der Waals surface area contributed by atoms with E-state index in [-0.39, 0.29) is 22.8 Å². The molecule has 138 valence electrons. The molecule has 0 radical (unpaired) electrons. The standard InChI is InChI=1S/C21H19NO5/c1-12-6-7-16-15(10-12)19(24)17-18(13-4-3-5-14(23)11-13)22(8-9-26-2)21(25)20(17)27-16/h3-7,10-11,18,23H,8-9H2,1-2H3. The highest BCUT2D eigenvalue weighted by molar-refractivity contribution is 5.99. The molecule has 1 atom stereocenters. The third-order valence-electron chi connectivity index (χ3n) is 4.84. The van der Waals surface area contributed by atoms with Crippen LogP contribution in [0.1, 0.15) is 33.3 Å². The molecule has 6 heteroatoms. The van der Waals surface area contributed by atoms with Gasteiger partial charge in [-0.05, 0) is 36.8 Å². The highest BCUT2D eigenvalue weighted by atomic mass is 16.5. The van der Waals surface area contributed by atoms with Crippen molar-refractivity contribution in [1.82, 2.24) is 4.90 Å². The summed E-state index contributed by atoms with van der Waals surface area (Å²) in [4.78, 5) is 27.8. The minimum Gasteiger partial charge on any atom is -0.508 e. The van der Waals surface area contributed by atoms with Crippen LogP contribution in [0.3, 0.4) is 0 Å². The molecule has 1 aliphatic rings. The summed E-state index contributed by atoms with van der Waals surface area (Å²) in [6, 6.07) is 11.3. The lowest BCUT2D eigenvalue weighted by atomic mass is 9.98. The number of amides is 1. The van der Waals surface area contributed by atoms with Gasteiger partial charge in [0.25, 0.3) is 5.91 Å². The van der Waals surface area contributed by atoms with E-state index in [0.717, 1.165) is 5.56 Å². The van der Waals surface area contributed by atoms with Crippen molar-refractivity contribution in [2.75, 3.05) is 20.3 Å². The second-order valence-corrected chi connectivity index (χ2v) is 6.66. The van der Waals surface area contributed by atoms with Gasteiger partial charge in [-0.2, -0.15) is 0 Å². The number of phenolic OH excluding ortho intramolecular Hbond substituents is 1. The molecule has 1 aromatic heterocycles. The van der Waals surface area contributed by atoms with E-state index in [1.165, 1.54) is 0 Å². The molecule has 4 rings (SSSR count). The van der Waals surface area contributed by atoms with Crippen LogP contribution >= 0.6 is 0 Å². The van der Waals surface area contributed by atoms with E-state index in [1.807, 2.05) is 13.0 Å². The first kappa shape index (κ1) is 17.3. The zero-order chi connectivity index (χ0) is 19.1. The van der Waals surface area contributed by atoms with Gasteiger partial charge in [-0.15, -0.1) is 0 Å². The van der Waals surface area contributed by atoms with Gasteiger partial charge in [0.05, 0.1) is 23.6 Å². The molecule has 27 heavy (non-hydrogen) atoms. The fraction of sp³-hybridized carbons (Fsp3) is 0.238. The normalized spacial score (nSPS) is 16.1. The van der Waals surface area contributed by atoms with Crippen molar-refractivity contribution in [3.8, 4) is 5.75 Å². The summed E-state index contributed by atoms with van der Waals surface area (Å²) in [7, 11) is 1.55. The first-order valence-corrected chi connectivity index (χ1v) is 8.67. The van der Waals surface area contributed by atoms with Gasteiger partial charge >= 0.3 is 0 Å². The van der Waals surface area contributed by atoms with E-state index >= 15 is 0 Å². The molecule has 0 aliphatic carbocycles. The fourth-order valence-corrected chi connectivity index (χ4v) is 3.60. The van der Waals surface area contributed by atoms with Crippen molar-refractivity contribution in [1.29, 1.82) is 0 Å². The number of carbonyl (C=O) groups excluding carboxylic acids is 1. The molecular formula is C21H19NO5. The second kappa shape index (κ2) is 6.55. The summed E-state index contributed by atoms with van der Waals surface area (Å²) >= 11 is 0. The zero-order valence-corrected chi connectivity index (χ0v) is 15.1. The van der Waals surface area contributed by atoms with Gasteiger partial charge in [0.2, 0.25) is 5.76 Å². The number of carbonyl (C=O) groups is 1. The second-order valence-electron chi connectivity index (χ2n) is 6.66. The highest BCUT2D eigenvalue weighted by Gasteiger charge is 2.42. The number of ether oxygens (including phenoxy) is 1. The van der Waals surface area contributed by atoms with Crippen LogP contribution in [0.2, 0.25) is 0 Å². The summed E-state index contributed by atoms with van der Waals surface area (Å²) in [5.41, 5.74) is 2.05. The monoisotopic (exact) mass is 365 g/mol. The molecule has 0 saturated heterocycles. The van der Waals surface area contributed by atoms with Gasteiger partial charge < -0.3 is 19.2 Å². The molecular weight excluding hydrogens is 346 g/mol. The molecule has 0 spiro atoms. The summed E-state index contributed by atoms with van der Waals surface area (Å²) in [6.45, 7) is 2.52. The van der Waals surface area contributed by atoms with Crippen LogP contribution in [0, 0.1) is 6.92 Å². The number of nitrogens with zero attached hydrogens (tertiary/aromatic N) is 1. The van der Waals surface area contributed by atoms with Gasteiger partial charge in [-0.1, -0.05) is 23.8 Å². The van der Waals surface area contributed by atoms with E-state index in [1.54, 1.807) is 48.4 Å². The Balaban J connectivity index is 1.99. The van der Waals surface area contributed by atoms with Gasteiger partial charge in [0.1, 0.15) is 11.3 Å². The molecule has 2 aromatic carbocycles. The molecule has 0 bridgehead atoms. The highest BCUT2D eigenvalue weighted by Crippen LogP contribution is 2.38. The van der Waals surface area contributed by atoms with Crippen LogP contribution in [0.15, 0.2) is 51.7 Å². The van der Waals surface area contributed by atoms with Crippen molar-refractivity contribution in [3.63, 3.8) is 0 Å². The molecule has 1 unspecified atom stereocenters. The van der Waals surface area contributed by atoms with Gasteiger partial charge in [-0.25, -0.2) is 0 Å². The third kappa shape index (κ3) is 2.78. The Bertz CT molecular complexity index is 1100. The Hall–Kier alpha value is -3.12. The fourth-order valence-electron chi connectivity index (χ4n) is 3.60. The van der Waals surface area contributed by atoms with E-state index in [9.17, 15) is 14.7 Å². The quantitative estimate of drug-likeness (QED) is 0.769. The molecule has 6 nitrogen and oxygen atoms in total. The van der Waals surface area contributed by atoms with Gasteiger partial charge in [0, 0.05) is 13.7 Å². The molecule has 1 aliphatic heterocycles. The summed E-state index contributed by atoms with van der Waals surface area (Å²) in [6.07, 6.45) is 0. The van der Waals surface area contributed by atoms with Crippen molar-refractivity contribution in [2.45, 2.75) is 13.0 Å². The Morgan fingerprint density at radius 2 is 2.00 bits per heavy atom. The number of hydrogen-bond donors (Lipinski definition) is 1. The number of hydrogen-bond acceptors (Lipinski definition) is 5. The number of aryl methyl sites for hydroxylation is 1. The van der Waals surface area contributed by atoms with E-state index in [2.05, 4.69) is 0 Å². The number of rotatable bonds is 4. The van der Waals surface area contributed by atoms with E-state index in [0.29, 0.717) is 35.2 Å². The zero-order valence-electron chi connectivity index (χ0n) is 15.1. The lowest BCUT2D eigenvalue weighted by Crippen LogP contribution is -2.32. The largest absolute Gasteiger partial charge is 0.508 e. The van der Waals surface area contributed by atoms with Crippen LogP contribution in [0.25, 0.3) is 11.0 Å². The van der Waals surface area contributed by atoms with Crippen molar-refractivity contribution < 1.29 is 19.1 Å². The smallest absolute Gasteiger partial charge is 0.290 e.